The van der Waals surface area contributed by atoms with Crippen LogP contribution >= 0.6 is 23.2 Å². The number of carbonyl (C=O) groups is 2. The van der Waals surface area contributed by atoms with E-state index in [4.69, 9.17) is 27.9 Å². The van der Waals surface area contributed by atoms with Crippen molar-refractivity contribution in [2.75, 3.05) is 5.32 Å². The molecule has 0 aliphatic carbocycles. The van der Waals surface area contributed by atoms with Crippen molar-refractivity contribution in [2.45, 2.75) is 19.4 Å². The number of halogens is 5. The zero-order valence-electron chi connectivity index (χ0n) is 13.5. The third-order valence-corrected chi connectivity index (χ3v) is 3.53. The van der Waals surface area contributed by atoms with Crippen LogP contribution in [0.5, 0.6) is 5.75 Å². The van der Waals surface area contributed by atoms with Gasteiger partial charge in [-0.25, -0.2) is 9.78 Å². The molecule has 1 atom stereocenters. The number of alkyl halides is 3. The molecular weight excluding hydrogens is 412 g/mol. The lowest BCUT2D eigenvalue weighted by Gasteiger charge is -2.14. The van der Waals surface area contributed by atoms with Crippen molar-refractivity contribution in [1.29, 1.82) is 0 Å². The van der Waals surface area contributed by atoms with Gasteiger partial charge < -0.3 is 14.8 Å². The van der Waals surface area contributed by atoms with Gasteiger partial charge in [-0.15, -0.1) is 13.2 Å². The van der Waals surface area contributed by atoms with Crippen LogP contribution < -0.4 is 10.1 Å². The number of esters is 1. The number of rotatable bonds is 5. The van der Waals surface area contributed by atoms with Crippen LogP contribution in [0.1, 0.15) is 17.4 Å². The van der Waals surface area contributed by atoms with Crippen molar-refractivity contribution >= 4 is 40.8 Å². The minimum absolute atomic E-state index is 0.00254. The van der Waals surface area contributed by atoms with Gasteiger partial charge in [0.15, 0.2) is 11.8 Å². The monoisotopic (exact) mass is 422 g/mol. The quantitative estimate of drug-likeness (QED) is 0.567. The van der Waals surface area contributed by atoms with Gasteiger partial charge in [0.2, 0.25) is 0 Å². The van der Waals surface area contributed by atoms with Gasteiger partial charge in [0.25, 0.3) is 5.91 Å². The van der Waals surface area contributed by atoms with Gasteiger partial charge >= 0.3 is 12.3 Å². The second-order valence-electron chi connectivity index (χ2n) is 5.07. The Labute approximate surface area is 161 Å². The lowest BCUT2D eigenvalue weighted by atomic mass is 10.3. The minimum Gasteiger partial charge on any atom is -0.448 e. The Bertz CT molecular complexity index is 845. The molecule has 1 unspecified atom stereocenters. The van der Waals surface area contributed by atoms with E-state index >= 15 is 0 Å². The van der Waals surface area contributed by atoms with Crippen molar-refractivity contribution in [3.63, 3.8) is 0 Å². The third kappa shape index (κ3) is 6.30. The third-order valence-electron chi connectivity index (χ3n) is 3.01. The van der Waals surface area contributed by atoms with Crippen LogP contribution in [-0.4, -0.2) is 29.3 Å². The minimum atomic E-state index is -4.82. The highest BCUT2D eigenvalue weighted by Crippen LogP contribution is 2.24. The Hall–Kier alpha value is -2.52. The number of nitrogens with one attached hydrogen (secondary N) is 1. The number of ether oxygens (including phenoxy) is 2. The molecule has 27 heavy (non-hydrogen) atoms. The maximum absolute atomic E-state index is 12.1. The van der Waals surface area contributed by atoms with Crippen molar-refractivity contribution in [3.05, 3.63) is 52.3 Å². The van der Waals surface area contributed by atoms with E-state index in [1.54, 1.807) is 0 Å². The largest absolute Gasteiger partial charge is 0.573 e. The standard InChI is InChI=1S/C16H11Cl2F3N2O4/c1-8(26-15(25)13-11(17)6-7-12(18)23-13)14(24)22-9-2-4-10(5-3-9)27-16(19,20)21/h2-8H,1H3,(H,22,24). The van der Waals surface area contributed by atoms with E-state index in [0.717, 1.165) is 12.1 Å². The molecule has 11 heteroatoms. The number of anilines is 1. The molecule has 144 valence electrons. The number of carbonyl (C=O) groups excluding carboxylic acids is 2. The second kappa shape index (κ2) is 8.45. The summed E-state index contributed by atoms with van der Waals surface area (Å²) in [5, 5.41) is 2.40. The number of hydrogen-bond acceptors (Lipinski definition) is 5. The molecule has 1 heterocycles. The molecule has 0 radical (unpaired) electrons. The van der Waals surface area contributed by atoms with Crippen molar-refractivity contribution in [3.8, 4) is 5.75 Å². The number of nitrogens with zero attached hydrogens (tertiary/aromatic N) is 1. The number of amides is 1. The smallest absolute Gasteiger partial charge is 0.448 e. The Kier molecular flexibility index (Phi) is 6.50. The van der Waals surface area contributed by atoms with E-state index < -0.39 is 30.1 Å². The van der Waals surface area contributed by atoms with Crippen LogP contribution in [0.2, 0.25) is 10.2 Å². The van der Waals surface area contributed by atoms with Gasteiger partial charge in [-0.3, -0.25) is 4.79 Å². The van der Waals surface area contributed by atoms with Crippen LogP contribution in [-0.2, 0) is 9.53 Å². The summed E-state index contributed by atoms with van der Waals surface area (Å²) in [6.45, 7) is 1.30. The zero-order valence-corrected chi connectivity index (χ0v) is 15.0. The average Bonchev–Trinajstić information content (AvgIpc) is 2.57. The van der Waals surface area contributed by atoms with Gasteiger partial charge in [0.1, 0.15) is 10.9 Å². The summed E-state index contributed by atoms with van der Waals surface area (Å²) in [6, 6.07) is 7.17. The maximum Gasteiger partial charge on any atom is 0.573 e. The molecule has 6 nitrogen and oxygen atoms in total. The molecule has 0 saturated heterocycles. The van der Waals surface area contributed by atoms with E-state index in [0.29, 0.717) is 0 Å². The average molecular weight is 423 g/mol. The number of aromatic nitrogens is 1. The van der Waals surface area contributed by atoms with Gasteiger partial charge in [-0.2, -0.15) is 0 Å². The Balaban J connectivity index is 1.97. The van der Waals surface area contributed by atoms with E-state index in [9.17, 15) is 22.8 Å². The second-order valence-corrected chi connectivity index (χ2v) is 5.87. The van der Waals surface area contributed by atoms with Crippen LogP contribution in [0.25, 0.3) is 0 Å². The normalized spacial score (nSPS) is 12.2. The van der Waals surface area contributed by atoms with E-state index in [2.05, 4.69) is 15.0 Å². The number of benzene rings is 1. The zero-order chi connectivity index (χ0) is 20.2. The lowest BCUT2D eigenvalue weighted by Crippen LogP contribution is -2.30. The van der Waals surface area contributed by atoms with Gasteiger partial charge in [-0.1, -0.05) is 23.2 Å². The van der Waals surface area contributed by atoms with Crippen LogP contribution in [0, 0.1) is 0 Å². The molecule has 0 bridgehead atoms. The summed E-state index contributed by atoms with van der Waals surface area (Å²) in [5.41, 5.74) is -0.0752. The van der Waals surface area contributed by atoms with Gasteiger partial charge in [-0.05, 0) is 43.3 Å². The molecule has 0 aliphatic rings. The summed E-state index contributed by atoms with van der Waals surface area (Å²) < 4.78 is 45.0. The summed E-state index contributed by atoms with van der Waals surface area (Å²) in [5.74, 6) is -2.12. The predicted molar refractivity (Wildman–Crippen MR) is 90.9 cm³/mol. The molecule has 1 aromatic carbocycles. The molecule has 0 saturated carbocycles. The first kappa shape index (κ1) is 20.8. The molecular formula is C16H11Cl2F3N2O4. The highest BCUT2D eigenvalue weighted by Gasteiger charge is 2.31. The fourth-order valence-corrected chi connectivity index (χ4v) is 2.15. The topological polar surface area (TPSA) is 77.5 Å². The highest BCUT2D eigenvalue weighted by molar-refractivity contribution is 6.34. The van der Waals surface area contributed by atoms with Crippen LogP contribution in [0.3, 0.4) is 0 Å². The van der Waals surface area contributed by atoms with E-state index in [1.165, 1.54) is 31.2 Å². The fraction of sp³-hybridized carbons (Fsp3) is 0.188. The molecule has 0 fully saturated rings. The van der Waals surface area contributed by atoms with Gasteiger partial charge in [0.05, 0.1) is 5.02 Å². The predicted octanol–water partition coefficient (Wildman–Crippen LogP) is 4.47. The molecule has 1 aromatic heterocycles. The van der Waals surface area contributed by atoms with Crippen LogP contribution in [0.4, 0.5) is 18.9 Å². The first-order valence-electron chi connectivity index (χ1n) is 7.25. The Morgan fingerprint density at radius 1 is 1.11 bits per heavy atom. The number of hydrogen-bond donors (Lipinski definition) is 1. The van der Waals surface area contributed by atoms with E-state index in [1.807, 2.05) is 0 Å². The molecule has 2 rings (SSSR count). The lowest BCUT2D eigenvalue weighted by molar-refractivity contribution is -0.274. The molecule has 1 amide bonds. The van der Waals surface area contributed by atoms with Crippen molar-refractivity contribution < 1.29 is 32.2 Å². The number of pyridine rings is 1. The summed E-state index contributed by atoms with van der Waals surface area (Å²) >= 11 is 11.5. The van der Waals surface area contributed by atoms with Crippen LogP contribution in [0.15, 0.2) is 36.4 Å². The Morgan fingerprint density at radius 3 is 2.33 bits per heavy atom. The molecule has 2 aromatic rings. The first-order valence-corrected chi connectivity index (χ1v) is 8.00. The van der Waals surface area contributed by atoms with Crippen molar-refractivity contribution in [2.24, 2.45) is 0 Å². The van der Waals surface area contributed by atoms with E-state index in [-0.39, 0.29) is 21.6 Å². The molecule has 0 spiro atoms. The van der Waals surface area contributed by atoms with Gasteiger partial charge in [0, 0.05) is 5.69 Å². The highest BCUT2D eigenvalue weighted by atomic mass is 35.5. The molecule has 1 N–H and O–H groups in total. The summed E-state index contributed by atoms with van der Waals surface area (Å²) in [7, 11) is 0. The maximum atomic E-state index is 12.1. The summed E-state index contributed by atoms with van der Waals surface area (Å²) in [6.07, 6.45) is -6.05. The fourth-order valence-electron chi connectivity index (χ4n) is 1.82. The molecule has 0 aliphatic heterocycles. The summed E-state index contributed by atoms with van der Waals surface area (Å²) in [4.78, 5) is 27.8. The first-order chi connectivity index (χ1) is 12.5. The Morgan fingerprint density at radius 2 is 1.74 bits per heavy atom. The van der Waals surface area contributed by atoms with Crippen molar-refractivity contribution in [1.82, 2.24) is 4.98 Å². The SMILES string of the molecule is CC(OC(=O)c1nc(Cl)ccc1Cl)C(=O)Nc1ccc(OC(F)(F)F)cc1.